The van der Waals surface area contributed by atoms with Gasteiger partial charge in [0.25, 0.3) is 0 Å². The second kappa shape index (κ2) is 11.3. The summed E-state index contributed by atoms with van der Waals surface area (Å²) in [7, 11) is 0. The van der Waals surface area contributed by atoms with Crippen LogP contribution in [0.5, 0.6) is 0 Å². The molecule has 236 valence electrons. The minimum Gasteiger partial charge on any atom is -0.344 e. The van der Waals surface area contributed by atoms with Crippen molar-refractivity contribution in [1.29, 1.82) is 0 Å². The number of anilines is 3. The number of rotatable bonds is 4. The van der Waals surface area contributed by atoms with Gasteiger partial charge in [0.05, 0.1) is 16.8 Å². The Labute approximate surface area is 291 Å². The number of hydrogen-bond acceptors (Lipinski definition) is 4. The van der Waals surface area contributed by atoms with Gasteiger partial charge in [-0.3, -0.25) is 0 Å². The highest BCUT2D eigenvalue weighted by atomic mass is 15.2. The highest BCUT2D eigenvalue weighted by molar-refractivity contribution is 6.13. The van der Waals surface area contributed by atoms with Crippen LogP contribution in [0.4, 0.5) is 17.1 Å². The number of para-hydroxylation sites is 3. The van der Waals surface area contributed by atoms with Crippen LogP contribution in [0.1, 0.15) is 45.1 Å². The number of hydrogen-bond donors (Lipinski definition) is 1. The van der Waals surface area contributed by atoms with E-state index in [1.165, 1.54) is 44.8 Å². The number of nitrogens with zero attached hydrogens (tertiary/aromatic N) is 3. The topological polar surface area (TPSA) is 40.0 Å². The van der Waals surface area contributed by atoms with E-state index in [0.717, 1.165) is 34.0 Å². The number of amidine groups is 2. The van der Waals surface area contributed by atoms with Crippen molar-refractivity contribution in [2.24, 2.45) is 9.98 Å². The summed E-state index contributed by atoms with van der Waals surface area (Å²) in [4.78, 5) is 12.6. The summed E-state index contributed by atoms with van der Waals surface area (Å²) >= 11 is 0. The molecule has 1 atom stereocenters. The molecule has 4 nitrogen and oxygen atoms in total. The summed E-state index contributed by atoms with van der Waals surface area (Å²) < 4.78 is 0. The van der Waals surface area contributed by atoms with Crippen molar-refractivity contribution in [1.82, 2.24) is 5.32 Å². The van der Waals surface area contributed by atoms with Crippen LogP contribution in [0.25, 0.3) is 11.1 Å². The number of fused-ring (bicyclic) bond motifs is 9. The summed E-state index contributed by atoms with van der Waals surface area (Å²) in [5, 5.41) is 3.68. The molecule has 4 heteroatoms. The highest BCUT2D eigenvalue weighted by Crippen LogP contribution is 2.63. The fourth-order valence-corrected chi connectivity index (χ4v) is 8.23. The van der Waals surface area contributed by atoms with Gasteiger partial charge in [-0.05, 0) is 69.3 Å². The molecule has 0 saturated carbocycles. The van der Waals surface area contributed by atoms with Gasteiger partial charge in [0.2, 0.25) is 0 Å². The maximum atomic E-state index is 5.15. The lowest BCUT2D eigenvalue weighted by molar-refractivity contribution is 0.674. The van der Waals surface area contributed by atoms with Gasteiger partial charge in [-0.2, -0.15) is 0 Å². The van der Waals surface area contributed by atoms with Gasteiger partial charge in [0, 0.05) is 16.8 Å². The minimum absolute atomic E-state index is 0.258. The molecule has 50 heavy (non-hydrogen) atoms. The largest absolute Gasteiger partial charge is 0.344 e. The lowest BCUT2D eigenvalue weighted by Gasteiger charge is -2.45. The van der Waals surface area contributed by atoms with Crippen LogP contribution in [0, 0.1) is 0 Å². The Hall–Kier alpha value is -6.52. The van der Waals surface area contributed by atoms with Crippen LogP contribution in [-0.2, 0) is 5.41 Å². The molecule has 7 aromatic carbocycles. The third-order valence-corrected chi connectivity index (χ3v) is 10.3. The SMILES string of the molecule is c1ccc(C2=NC(c3ccccc3)NC(c3ccc4c(c3)-c3ccccc3C43c4ccccc4N(c4ccccc4)c4ccccc43)=N2)cc1. The number of benzene rings is 7. The van der Waals surface area contributed by atoms with E-state index in [4.69, 9.17) is 9.98 Å². The standard InChI is InChI=1S/C46H32N4/c1-4-16-31(17-5-1)43-47-44(32-18-6-2-7-19-32)49-45(48-43)33-28-29-38-36(30-33)35-22-10-11-23-37(35)46(38)39-24-12-14-26-41(39)50(34-20-8-3-9-21-34)42-27-15-13-25-40(42)46/h1-30,43H,(H,47,48,49). The summed E-state index contributed by atoms with van der Waals surface area (Å²) in [6.07, 6.45) is -0.258. The van der Waals surface area contributed by atoms with Gasteiger partial charge in [0.15, 0.2) is 5.84 Å². The van der Waals surface area contributed by atoms with Crippen molar-refractivity contribution in [3.63, 3.8) is 0 Å². The first-order valence-electron chi connectivity index (χ1n) is 17.1. The molecule has 1 N–H and O–H groups in total. The minimum atomic E-state index is -0.492. The molecule has 1 aliphatic carbocycles. The number of aliphatic imine (C=N–C) groups is 2. The summed E-state index contributed by atoms with van der Waals surface area (Å²) in [5.74, 6) is 1.54. The molecule has 7 aromatic rings. The Kier molecular flexibility index (Phi) is 6.43. The van der Waals surface area contributed by atoms with Gasteiger partial charge in [0.1, 0.15) is 12.0 Å². The Morgan fingerprint density at radius 3 is 1.74 bits per heavy atom. The smallest absolute Gasteiger partial charge is 0.159 e. The molecule has 1 spiro atoms. The molecular weight excluding hydrogens is 609 g/mol. The lowest BCUT2D eigenvalue weighted by Crippen LogP contribution is -2.36. The molecule has 0 radical (unpaired) electrons. The Morgan fingerprint density at radius 1 is 0.480 bits per heavy atom. The molecule has 3 aliphatic rings. The van der Waals surface area contributed by atoms with Crippen molar-refractivity contribution in [2.45, 2.75) is 11.6 Å². The molecular formula is C46H32N4. The quantitative estimate of drug-likeness (QED) is 0.208. The maximum absolute atomic E-state index is 5.15. The Morgan fingerprint density at radius 2 is 1.04 bits per heavy atom. The van der Waals surface area contributed by atoms with Gasteiger partial charge in [-0.25, -0.2) is 9.98 Å². The van der Waals surface area contributed by atoms with E-state index in [1.807, 2.05) is 24.3 Å². The van der Waals surface area contributed by atoms with Crippen molar-refractivity contribution >= 4 is 28.7 Å². The van der Waals surface area contributed by atoms with Crippen LogP contribution < -0.4 is 10.2 Å². The van der Waals surface area contributed by atoms with E-state index < -0.39 is 5.41 Å². The van der Waals surface area contributed by atoms with Crippen molar-refractivity contribution in [2.75, 3.05) is 4.90 Å². The molecule has 0 amide bonds. The van der Waals surface area contributed by atoms with Gasteiger partial charge < -0.3 is 10.2 Å². The van der Waals surface area contributed by atoms with E-state index in [2.05, 4.69) is 168 Å². The second-order valence-electron chi connectivity index (χ2n) is 13.0. The van der Waals surface area contributed by atoms with Crippen LogP contribution in [-0.4, -0.2) is 11.7 Å². The maximum Gasteiger partial charge on any atom is 0.159 e. The summed E-state index contributed by atoms with van der Waals surface area (Å²) in [6.45, 7) is 0. The first-order valence-corrected chi connectivity index (χ1v) is 17.1. The van der Waals surface area contributed by atoms with E-state index in [0.29, 0.717) is 0 Å². The van der Waals surface area contributed by atoms with Crippen molar-refractivity contribution in [3.05, 3.63) is 221 Å². The molecule has 10 rings (SSSR count). The third kappa shape index (κ3) is 4.18. The zero-order chi connectivity index (χ0) is 33.1. The Bertz CT molecular complexity index is 2420. The van der Waals surface area contributed by atoms with Crippen LogP contribution in [0.3, 0.4) is 0 Å². The van der Waals surface area contributed by atoms with Crippen LogP contribution in [0.2, 0.25) is 0 Å². The molecule has 2 heterocycles. The molecule has 0 bridgehead atoms. The van der Waals surface area contributed by atoms with Crippen molar-refractivity contribution in [3.8, 4) is 11.1 Å². The zero-order valence-corrected chi connectivity index (χ0v) is 27.2. The molecule has 0 saturated heterocycles. The van der Waals surface area contributed by atoms with Gasteiger partial charge >= 0.3 is 0 Å². The Balaban J connectivity index is 1.19. The first kappa shape index (κ1) is 28.5. The monoisotopic (exact) mass is 640 g/mol. The van der Waals surface area contributed by atoms with Gasteiger partial charge in [-0.15, -0.1) is 0 Å². The predicted octanol–water partition coefficient (Wildman–Crippen LogP) is 10.3. The van der Waals surface area contributed by atoms with E-state index in [9.17, 15) is 0 Å². The fraction of sp³-hybridized carbons (Fsp3) is 0.0435. The molecule has 2 aliphatic heterocycles. The first-order chi connectivity index (χ1) is 24.8. The average Bonchev–Trinajstić information content (AvgIpc) is 3.49. The molecule has 0 fully saturated rings. The number of nitrogens with one attached hydrogen (secondary N) is 1. The van der Waals surface area contributed by atoms with E-state index >= 15 is 0 Å². The van der Waals surface area contributed by atoms with Crippen molar-refractivity contribution < 1.29 is 0 Å². The van der Waals surface area contributed by atoms with E-state index in [1.54, 1.807) is 0 Å². The van der Waals surface area contributed by atoms with Crippen LogP contribution in [0.15, 0.2) is 192 Å². The van der Waals surface area contributed by atoms with Gasteiger partial charge in [-0.1, -0.05) is 152 Å². The van der Waals surface area contributed by atoms with Crippen LogP contribution >= 0.6 is 0 Å². The highest BCUT2D eigenvalue weighted by Gasteiger charge is 2.51. The fourth-order valence-electron chi connectivity index (χ4n) is 8.23. The summed E-state index contributed by atoms with van der Waals surface area (Å²) in [6, 6.07) is 65.1. The molecule has 1 unspecified atom stereocenters. The average molecular weight is 641 g/mol. The second-order valence-corrected chi connectivity index (χ2v) is 13.0. The lowest BCUT2D eigenvalue weighted by atomic mass is 9.64. The van der Waals surface area contributed by atoms with E-state index in [-0.39, 0.29) is 6.17 Å². The summed E-state index contributed by atoms with van der Waals surface area (Å²) in [5.41, 5.74) is 13.8. The third-order valence-electron chi connectivity index (χ3n) is 10.3. The molecule has 0 aromatic heterocycles. The normalized spacial score (nSPS) is 16.3. The predicted molar refractivity (Wildman–Crippen MR) is 204 cm³/mol. The zero-order valence-electron chi connectivity index (χ0n) is 27.2.